The lowest BCUT2D eigenvalue weighted by molar-refractivity contribution is 0.254. The lowest BCUT2D eigenvalue weighted by Gasteiger charge is -2.08. The highest BCUT2D eigenvalue weighted by molar-refractivity contribution is 5.89. The molecule has 0 aliphatic rings. The summed E-state index contributed by atoms with van der Waals surface area (Å²) in [5.41, 5.74) is 1.79. The molecule has 0 atom stereocenters. The summed E-state index contributed by atoms with van der Waals surface area (Å²) in [5, 5.41) is 5.23. The number of imidazole rings is 1. The normalized spacial score (nSPS) is 10.1. The molecule has 2 N–H and O–H groups in total. The van der Waals surface area contributed by atoms with Gasteiger partial charge in [-0.05, 0) is 24.3 Å². The lowest BCUT2D eigenvalue weighted by Crippen LogP contribution is -2.24. The summed E-state index contributed by atoms with van der Waals surface area (Å²) in [4.78, 5) is 15.4. The Balaban J connectivity index is 2.20. The van der Waals surface area contributed by atoms with E-state index in [1.165, 1.54) is 0 Å². The third-order valence-corrected chi connectivity index (χ3v) is 2.66. The Morgan fingerprint density at radius 3 is 2.67 bits per heavy atom. The number of benzene rings is 1. The topological polar surface area (TPSA) is 59.0 Å². The van der Waals surface area contributed by atoms with Crippen LogP contribution < -0.4 is 10.6 Å². The first-order valence-electron chi connectivity index (χ1n) is 5.86. The molecule has 5 heteroatoms. The van der Waals surface area contributed by atoms with Crippen molar-refractivity contribution in [2.45, 2.75) is 13.3 Å². The van der Waals surface area contributed by atoms with Crippen molar-refractivity contribution in [1.29, 1.82) is 0 Å². The number of hydrogen-bond acceptors (Lipinski definition) is 2. The number of nitrogens with zero attached hydrogens (tertiary/aromatic N) is 2. The maximum atomic E-state index is 11.2. The van der Waals surface area contributed by atoms with Crippen molar-refractivity contribution in [3.05, 3.63) is 42.5 Å². The number of carbonyl (C=O) groups excluding carboxylic acids is 1. The van der Waals surface area contributed by atoms with Crippen molar-refractivity contribution < 1.29 is 4.79 Å². The second-order valence-electron chi connectivity index (χ2n) is 3.82. The summed E-state index contributed by atoms with van der Waals surface area (Å²) in [6.07, 6.45) is 4.60. The van der Waals surface area contributed by atoms with E-state index in [0.29, 0.717) is 0 Å². The van der Waals surface area contributed by atoms with Crippen molar-refractivity contribution in [3.63, 3.8) is 0 Å². The predicted octanol–water partition coefficient (Wildman–Crippen LogP) is 2.19. The van der Waals surface area contributed by atoms with E-state index < -0.39 is 0 Å². The van der Waals surface area contributed by atoms with E-state index in [1.54, 1.807) is 13.2 Å². The van der Waals surface area contributed by atoms with Crippen LogP contribution in [-0.2, 0) is 6.42 Å². The van der Waals surface area contributed by atoms with Crippen LogP contribution in [0.4, 0.5) is 10.5 Å². The van der Waals surface area contributed by atoms with Gasteiger partial charge in [-0.15, -0.1) is 0 Å². The van der Waals surface area contributed by atoms with Gasteiger partial charge in [-0.2, -0.15) is 0 Å². The van der Waals surface area contributed by atoms with Crippen molar-refractivity contribution in [3.8, 4) is 5.69 Å². The monoisotopic (exact) mass is 244 g/mol. The molecular formula is C13H16N4O. The zero-order chi connectivity index (χ0) is 13.0. The van der Waals surface area contributed by atoms with Crippen LogP contribution in [0, 0.1) is 0 Å². The minimum Gasteiger partial charge on any atom is -0.341 e. The molecule has 2 aromatic rings. The molecule has 94 valence electrons. The van der Waals surface area contributed by atoms with E-state index in [4.69, 9.17) is 0 Å². The fraction of sp³-hybridized carbons (Fsp3) is 0.231. The highest BCUT2D eigenvalue weighted by Gasteiger charge is 2.03. The average Bonchev–Trinajstić information content (AvgIpc) is 2.87. The fourth-order valence-corrected chi connectivity index (χ4v) is 1.73. The molecule has 1 aromatic carbocycles. The maximum Gasteiger partial charge on any atom is 0.318 e. The molecule has 2 rings (SSSR count). The van der Waals surface area contributed by atoms with Crippen molar-refractivity contribution in [1.82, 2.24) is 14.9 Å². The molecule has 0 saturated carbocycles. The smallest absolute Gasteiger partial charge is 0.318 e. The fourth-order valence-electron chi connectivity index (χ4n) is 1.73. The van der Waals surface area contributed by atoms with E-state index >= 15 is 0 Å². The van der Waals surface area contributed by atoms with Gasteiger partial charge in [0.15, 0.2) is 0 Å². The van der Waals surface area contributed by atoms with Gasteiger partial charge in [-0.1, -0.05) is 6.92 Å². The van der Waals surface area contributed by atoms with Crippen LogP contribution in [0.2, 0.25) is 0 Å². The van der Waals surface area contributed by atoms with Crippen LogP contribution in [0.5, 0.6) is 0 Å². The molecule has 0 aliphatic carbocycles. The summed E-state index contributed by atoms with van der Waals surface area (Å²) in [5.74, 6) is 1.02. The molecule has 0 fully saturated rings. The summed E-state index contributed by atoms with van der Waals surface area (Å²) in [7, 11) is 1.59. The number of anilines is 1. The minimum absolute atomic E-state index is 0.223. The van der Waals surface area contributed by atoms with Crippen molar-refractivity contribution in [2.75, 3.05) is 12.4 Å². The second kappa shape index (κ2) is 5.35. The number of carbonyl (C=O) groups is 1. The van der Waals surface area contributed by atoms with Gasteiger partial charge in [0.2, 0.25) is 0 Å². The van der Waals surface area contributed by atoms with Crippen LogP contribution in [-0.4, -0.2) is 22.6 Å². The minimum atomic E-state index is -0.223. The molecule has 18 heavy (non-hydrogen) atoms. The van der Waals surface area contributed by atoms with Crippen LogP contribution in [0.25, 0.3) is 5.69 Å². The Labute approximate surface area is 106 Å². The van der Waals surface area contributed by atoms with E-state index in [2.05, 4.69) is 22.5 Å². The zero-order valence-electron chi connectivity index (χ0n) is 10.5. The van der Waals surface area contributed by atoms with Crippen LogP contribution >= 0.6 is 0 Å². The van der Waals surface area contributed by atoms with Gasteiger partial charge >= 0.3 is 6.03 Å². The van der Waals surface area contributed by atoms with Gasteiger partial charge in [-0.25, -0.2) is 9.78 Å². The molecule has 5 nitrogen and oxygen atoms in total. The van der Waals surface area contributed by atoms with Crippen LogP contribution in [0.3, 0.4) is 0 Å². The van der Waals surface area contributed by atoms with E-state index in [1.807, 2.05) is 35.0 Å². The van der Waals surface area contributed by atoms with Gasteiger partial charge < -0.3 is 15.2 Å². The highest BCUT2D eigenvalue weighted by Crippen LogP contribution is 2.15. The highest BCUT2D eigenvalue weighted by atomic mass is 16.2. The Morgan fingerprint density at radius 2 is 2.06 bits per heavy atom. The third kappa shape index (κ3) is 2.51. The summed E-state index contributed by atoms with van der Waals surface area (Å²) < 4.78 is 2.03. The number of hydrogen-bond donors (Lipinski definition) is 2. The Hall–Kier alpha value is -2.30. The van der Waals surface area contributed by atoms with Gasteiger partial charge in [0.1, 0.15) is 5.82 Å². The summed E-state index contributed by atoms with van der Waals surface area (Å²) in [6, 6.07) is 7.41. The first kappa shape index (κ1) is 12.2. The number of nitrogens with one attached hydrogen (secondary N) is 2. The molecule has 0 bridgehead atoms. The largest absolute Gasteiger partial charge is 0.341 e. The molecule has 2 amide bonds. The summed E-state index contributed by atoms with van der Waals surface area (Å²) >= 11 is 0. The SMILES string of the molecule is CCc1nccn1-c1ccc(NC(=O)NC)cc1. The Bertz CT molecular complexity index is 530. The molecule has 0 unspecified atom stereocenters. The maximum absolute atomic E-state index is 11.2. The number of aromatic nitrogens is 2. The van der Waals surface area contributed by atoms with Crippen LogP contribution in [0.1, 0.15) is 12.7 Å². The van der Waals surface area contributed by atoms with E-state index in [9.17, 15) is 4.79 Å². The summed E-state index contributed by atoms with van der Waals surface area (Å²) in [6.45, 7) is 2.07. The first-order chi connectivity index (χ1) is 8.74. The average molecular weight is 244 g/mol. The lowest BCUT2D eigenvalue weighted by atomic mass is 10.2. The molecular weight excluding hydrogens is 228 g/mol. The Kier molecular flexibility index (Phi) is 3.62. The predicted molar refractivity (Wildman–Crippen MR) is 71.0 cm³/mol. The van der Waals surface area contributed by atoms with E-state index in [-0.39, 0.29) is 6.03 Å². The standard InChI is InChI=1S/C13H16N4O/c1-3-12-15-8-9-17(12)11-6-4-10(5-7-11)16-13(18)14-2/h4-9H,3H2,1-2H3,(H2,14,16,18). The molecule has 0 aliphatic heterocycles. The van der Waals surface area contributed by atoms with E-state index in [0.717, 1.165) is 23.6 Å². The number of amides is 2. The van der Waals surface area contributed by atoms with Gasteiger partial charge in [0.05, 0.1) is 0 Å². The first-order valence-corrected chi connectivity index (χ1v) is 5.86. The molecule has 0 spiro atoms. The number of rotatable bonds is 3. The molecule has 0 saturated heterocycles. The van der Waals surface area contributed by atoms with Crippen LogP contribution in [0.15, 0.2) is 36.7 Å². The zero-order valence-corrected chi connectivity index (χ0v) is 10.5. The third-order valence-electron chi connectivity index (χ3n) is 2.66. The number of aryl methyl sites for hydroxylation is 1. The van der Waals surface area contributed by atoms with Gasteiger partial charge in [0.25, 0.3) is 0 Å². The molecule has 0 radical (unpaired) electrons. The Morgan fingerprint density at radius 1 is 1.33 bits per heavy atom. The number of urea groups is 1. The van der Waals surface area contributed by atoms with Crippen molar-refractivity contribution in [2.24, 2.45) is 0 Å². The van der Waals surface area contributed by atoms with Gasteiger partial charge in [-0.3, -0.25) is 0 Å². The quantitative estimate of drug-likeness (QED) is 0.869. The van der Waals surface area contributed by atoms with Gasteiger partial charge in [0, 0.05) is 37.2 Å². The van der Waals surface area contributed by atoms with Crippen molar-refractivity contribution >= 4 is 11.7 Å². The second-order valence-corrected chi connectivity index (χ2v) is 3.82. The molecule has 1 aromatic heterocycles. The molecule has 1 heterocycles.